The Balaban J connectivity index is 2.61. The third kappa shape index (κ3) is 2.70. The molecular formula is C16H20FNO3. The topological polar surface area (TPSA) is 66.4 Å². The lowest BCUT2D eigenvalue weighted by Crippen LogP contribution is -2.35. The second kappa shape index (κ2) is 5.56. The number of anilines is 1. The summed E-state index contributed by atoms with van der Waals surface area (Å²) in [5, 5.41) is 11.7. The summed E-state index contributed by atoms with van der Waals surface area (Å²) in [5.74, 6) is -0.900. The molecule has 1 unspecified atom stereocenters. The number of carbonyl (C=O) groups excluding carboxylic acids is 2. The third-order valence-corrected chi connectivity index (χ3v) is 4.33. The van der Waals surface area contributed by atoms with E-state index in [2.05, 4.69) is 5.32 Å². The number of benzene rings is 1. The van der Waals surface area contributed by atoms with Crippen LogP contribution < -0.4 is 5.32 Å². The van der Waals surface area contributed by atoms with E-state index in [0.29, 0.717) is 36.0 Å². The van der Waals surface area contributed by atoms with Gasteiger partial charge in [0.1, 0.15) is 5.82 Å². The van der Waals surface area contributed by atoms with E-state index in [9.17, 15) is 19.1 Å². The molecule has 0 fully saturated rings. The summed E-state index contributed by atoms with van der Waals surface area (Å²) in [6, 6.07) is 1.21. The number of aliphatic hydroxyl groups is 1. The van der Waals surface area contributed by atoms with E-state index in [1.54, 1.807) is 6.92 Å². The summed E-state index contributed by atoms with van der Waals surface area (Å²) in [4.78, 5) is 24.1. The maximum atomic E-state index is 14.0. The monoisotopic (exact) mass is 293 g/mol. The number of amides is 1. The molecule has 1 aliphatic rings. The van der Waals surface area contributed by atoms with Gasteiger partial charge < -0.3 is 10.4 Å². The minimum atomic E-state index is -0.667. The normalized spacial score (nSPS) is 21.1. The summed E-state index contributed by atoms with van der Waals surface area (Å²) in [6.07, 6.45) is 1.50. The molecule has 1 aliphatic carbocycles. The van der Waals surface area contributed by atoms with Crippen LogP contribution in [0.4, 0.5) is 10.1 Å². The third-order valence-electron chi connectivity index (χ3n) is 4.33. The lowest BCUT2D eigenvalue weighted by Gasteiger charge is -2.34. The van der Waals surface area contributed by atoms with Crippen LogP contribution in [0.5, 0.6) is 0 Å². The molecule has 0 saturated carbocycles. The van der Waals surface area contributed by atoms with E-state index < -0.39 is 11.2 Å². The predicted octanol–water partition coefficient (Wildman–Crippen LogP) is 2.61. The van der Waals surface area contributed by atoms with Gasteiger partial charge in [-0.05, 0) is 43.4 Å². The minimum Gasteiger partial charge on any atom is -0.396 e. The first-order chi connectivity index (χ1) is 9.80. The first kappa shape index (κ1) is 15.6. The van der Waals surface area contributed by atoms with Crippen molar-refractivity contribution in [2.75, 3.05) is 11.9 Å². The first-order valence-corrected chi connectivity index (χ1v) is 7.05. The number of hydrogen-bond acceptors (Lipinski definition) is 3. The van der Waals surface area contributed by atoms with Crippen molar-refractivity contribution in [3.8, 4) is 0 Å². The molecule has 0 aromatic heterocycles. The zero-order chi connectivity index (χ0) is 15.8. The number of ketones is 1. The molecule has 1 amide bonds. The molecule has 0 aliphatic heterocycles. The predicted molar refractivity (Wildman–Crippen MR) is 77.9 cm³/mol. The van der Waals surface area contributed by atoms with Crippen molar-refractivity contribution in [2.45, 2.75) is 40.0 Å². The summed E-state index contributed by atoms with van der Waals surface area (Å²) in [6.45, 7) is 4.70. The number of fused-ring (bicyclic) bond motifs is 1. The van der Waals surface area contributed by atoms with Crippen LogP contribution in [0.15, 0.2) is 6.07 Å². The Labute approximate surface area is 123 Å². The van der Waals surface area contributed by atoms with Gasteiger partial charge in [0.15, 0.2) is 5.78 Å². The van der Waals surface area contributed by atoms with Gasteiger partial charge in [-0.2, -0.15) is 0 Å². The van der Waals surface area contributed by atoms with Crippen LogP contribution in [0.2, 0.25) is 0 Å². The minimum absolute atomic E-state index is 0.0762. The Hall–Kier alpha value is -1.75. The van der Waals surface area contributed by atoms with Crippen LogP contribution in [0.25, 0.3) is 0 Å². The molecule has 4 nitrogen and oxygen atoms in total. The number of halogens is 1. The van der Waals surface area contributed by atoms with E-state index in [1.165, 1.54) is 13.0 Å². The number of rotatable bonds is 3. The van der Waals surface area contributed by atoms with Crippen molar-refractivity contribution in [2.24, 2.45) is 5.41 Å². The fourth-order valence-electron chi connectivity index (χ4n) is 2.96. The molecule has 1 aromatic carbocycles. The number of nitrogens with one attached hydrogen (secondary N) is 1. The summed E-state index contributed by atoms with van der Waals surface area (Å²) in [7, 11) is 0. The SMILES string of the molecule is CC(=O)Nc1cc(F)c(C)c2c1C(=O)C(C)(CCO)CC2. The highest BCUT2D eigenvalue weighted by Gasteiger charge is 2.40. The van der Waals surface area contributed by atoms with Gasteiger partial charge in [-0.3, -0.25) is 9.59 Å². The second-order valence-corrected chi connectivity index (χ2v) is 5.93. The van der Waals surface area contributed by atoms with Gasteiger partial charge in [0.05, 0.1) is 5.69 Å². The molecule has 5 heteroatoms. The van der Waals surface area contributed by atoms with Gasteiger partial charge in [0.2, 0.25) is 5.91 Å². The molecule has 1 atom stereocenters. The largest absolute Gasteiger partial charge is 0.396 e. The molecule has 0 spiro atoms. The Morgan fingerprint density at radius 2 is 2.19 bits per heavy atom. The summed E-state index contributed by atoms with van der Waals surface area (Å²) < 4.78 is 14.0. The van der Waals surface area contributed by atoms with Crippen molar-refractivity contribution in [1.29, 1.82) is 0 Å². The van der Waals surface area contributed by atoms with Gasteiger partial charge >= 0.3 is 0 Å². The van der Waals surface area contributed by atoms with Gasteiger partial charge in [-0.25, -0.2) is 4.39 Å². The van der Waals surface area contributed by atoms with E-state index in [1.807, 2.05) is 6.92 Å². The Morgan fingerprint density at radius 1 is 1.52 bits per heavy atom. The molecule has 114 valence electrons. The average molecular weight is 293 g/mol. The number of Topliss-reactive ketones (excluding diaryl/α,β-unsaturated/α-hetero) is 1. The smallest absolute Gasteiger partial charge is 0.221 e. The van der Waals surface area contributed by atoms with Gasteiger partial charge in [0.25, 0.3) is 0 Å². The Kier molecular flexibility index (Phi) is 4.14. The van der Waals surface area contributed by atoms with Crippen LogP contribution in [0, 0.1) is 18.2 Å². The van der Waals surface area contributed by atoms with Crippen LogP contribution in [-0.4, -0.2) is 23.4 Å². The second-order valence-electron chi connectivity index (χ2n) is 5.93. The molecule has 0 heterocycles. The zero-order valence-corrected chi connectivity index (χ0v) is 12.5. The van der Waals surface area contributed by atoms with E-state index >= 15 is 0 Å². The highest BCUT2D eigenvalue weighted by molar-refractivity contribution is 6.09. The van der Waals surface area contributed by atoms with Crippen molar-refractivity contribution >= 4 is 17.4 Å². The molecule has 2 N–H and O–H groups in total. The van der Waals surface area contributed by atoms with Crippen molar-refractivity contribution in [3.63, 3.8) is 0 Å². The molecular weight excluding hydrogens is 273 g/mol. The van der Waals surface area contributed by atoms with Crippen LogP contribution in [-0.2, 0) is 11.2 Å². The number of aliphatic hydroxyl groups excluding tert-OH is 1. The van der Waals surface area contributed by atoms with Gasteiger partial charge in [-0.15, -0.1) is 0 Å². The van der Waals surface area contributed by atoms with Crippen molar-refractivity contribution in [3.05, 3.63) is 28.6 Å². The fraction of sp³-hybridized carbons (Fsp3) is 0.500. The standard InChI is InChI=1S/C16H20FNO3/c1-9-11-4-5-16(3,6-7-19)15(21)14(11)13(8-12(9)17)18-10(2)20/h8,19H,4-7H2,1-3H3,(H,18,20). The van der Waals surface area contributed by atoms with E-state index in [4.69, 9.17) is 0 Å². The maximum Gasteiger partial charge on any atom is 0.221 e. The quantitative estimate of drug-likeness (QED) is 0.900. The zero-order valence-electron chi connectivity index (χ0n) is 12.5. The van der Waals surface area contributed by atoms with Crippen molar-refractivity contribution < 1.29 is 19.1 Å². The Bertz CT molecular complexity index is 612. The average Bonchev–Trinajstić information content (AvgIpc) is 2.39. The number of hydrogen-bond donors (Lipinski definition) is 2. The van der Waals surface area contributed by atoms with E-state index in [-0.39, 0.29) is 24.0 Å². The number of carbonyl (C=O) groups is 2. The van der Waals surface area contributed by atoms with Crippen LogP contribution >= 0.6 is 0 Å². The van der Waals surface area contributed by atoms with Crippen LogP contribution in [0.1, 0.15) is 48.2 Å². The van der Waals surface area contributed by atoms with Crippen molar-refractivity contribution in [1.82, 2.24) is 0 Å². The highest BCUT2D eigenvalue weighted by Crippen LogP contribution is 2.42. The molecule has 1 aromatic rings. The molecule has 0 saturated heterocycles. The summed E-state index contributed by atoms with van der Waals surface area (Å²) >= 11 is 0. The van der Waals surface area contributed by atoms with Crippen LogP contribution in [0.3, 0.4) is 0 Å². The highest BCUT2D eigenvalue weighted by atomic mass is 19.1. The fourth-order valence-corrected chi connectivity index (χ4v) is 2.96. The lowest BCUT2D eigenvalue weighted by atomic mass is 9.69. The first-order valence-electron chi connectivity index (χ1n) is 7.05. The maximum absolute atomic E-state index is 14.0. The van der Waals surface area contributed by atoms with Gasteiger partial charge in [0, 0.05) is 24.5 Å². The Morgan fingerprint density at radius 3 is 2.76 bits per heavy atom. The molecule has 21 heavy (non-hydrogen) atoms. The summed E-state index contributed by atoms with van der Waals surface area (Å²) in [5.41, 5.74) is 1.08. The lowest BCUT2D eigenvalue weighted by molar-refractivity contribution is -0.114. The molecule has 2 rings (SSSR count). The van der Waals surface area contributed by atoms with E-state index in [0.717, 1.165) is 0 Å². The molecule has 0 bridgehead atoms. The molecule has 0 radical (unpaired) electrons. The van der Waals surface area contributed by atoms with Gasteiger partial charge in [-0.1, -0.05) is 6.92 Å².